The third-order valence-corrected chi connectivity index (χ3v) is 5.83. The SMILES string of the molecule is CS(=O)(=O)N1CCc2sc(C(=O)NCC3CC3)cc21. The molecule has 1 saturated carbocycles. The predicted octanol–water partition coefficient (Wildman–Crippen LogP) is 1.21. The zero-order chi connectivity index (χ0) is 13.6. The van der Waals surface area contributed by atoms with E-state index < -0.39 is 10.0 Å². The van der Waals surface area contributed by atoms with E-state index in [0.29, 0.717) is 29.4 Å². The lowest BCUT2D eigenvalue weighted by Crippen LogP contribution is -2.28. The van der Waals surface area contributed by atoms with E-state index in [2.05, 4.69) is 5.32 Å². The standard InChI is InChI=1S/C12H16N2O3S2/c1-19(16,17)14-5-4-10-9(14)6-11(18-10)12(15)13-7-8-2-3-8/h6,8H,2-5,7H2,1H3,(H,13,15). The van der Waals surface area contributed by atoms with Crippen LogP contribution in [-0.4, -0.2) is 33.7 Å². The molecule has 1 aromatic rings. The molecule has 1 N–H and O–H groups in total. The number of thiophene rings is 1. The van der Waals surface area contributed by atoms with E-state index in [9.17, 15) is 13.2 Å². The van der Waals surface area contributed by atoms with E-state index in [0.717, 1.165) is 11.4 Å². The van der Waals surface area contributed by atoms with Crippen LogP contribution in [0.4, 0.5) is 5.69 Å². The molecule has 0 aromatic carbocycles. The summed E-state index contributed by atoms with van der Waals surface area (Å²) < 4.78 is 24.6. The van der Waals surface area contributed by atoms with Crippen molar-refractivity contribution in [3.63, 3.8) is 0 Å². The zero-order valence-corrected chi connectivity index (χ0v) is 12.3. The number of carbonyl (C=O) groups is 1. The highest BCUT2D eigenvalue weighted by Crippen LogP contribution is 2.37. The molecule has 7 heteroatoms. The van der Waals surface area contributed by atoms with E-state index >= 15 is 0 Å². The second-order valence-electron chi connectivity index (χ2n) is 5.16. The van der Waals surface area contributed by atoms with Crippen molar-refractivity contribution in [3.8, 4) is 0 Å². The number of nitrogens with one attached hydrogen (secondary N) is 1. The summed E-state index contributed by atoms with van der Waals surface area (Å²) in [6.45, 7) is 1.22. The fraction of sp³-hybridized carbons (Fsp3) is 0.583. The molecule has 2 heterocycles. The average Bonchev–Trinajstić information content (AvgIpc) is 2.90. The lowest BCUT2D eigenvalue weighted by molar-refractivity contribution is 0.0956. The first-order valence-electron chi connectivity index (χ1n) is 6.34. The van der Waals surface area contributed by atoms with E-state index in [-0.39, 0.29) is 5.91 Å². The van der Waals surface area contributed by atoms with Gasteiger partial charge in [-0.1, -0.05) is 0 Å². The second kappa shape index (κ2) is 4.49. The van der Waals surface area contributed by atoms with Gasteiger partial charge in [-0.25, -0.2) is 8.42 Å². The number of carbonyl (C=O) groups excluding carboxylic acids is 1. The normalized spacial score (nSPS) is 18.5. The summed E-state index contributed by atoms with van der Waals surface area (Å²) in [5.74, 6) is 0.558. The maximum absolute atomic E-state index is 12.0. The first-order valence-corrected chi connectivity index (χ1v) is 9.00. The van der Waals surface area contributed by atoms with Gasteiger partial charge in [0.05, 0.1) is 16.8 Å². The number of anilines is 1. The van der Waals surface area contributed by atoms with Gasteiger partial charge in [0.1, 0.15) is 0 Å². The van der Waals surface area contributed by atoms with Crippen LogP contribution in [0.1, 0.15) is 27.4 Å². The third-order valence-electron chi connectivity index (χ3n) is 3.47. The number of rotatable bonds is 4. The molecule has 1 aromatic heterocycles. The first-order chi connectivity index (χ1) is 8.95. The highest BCUT2D eigenvalue weighted by molar-refractivity contribution is 7.92. The zero-order valence-electron chi connectivity index (χ0n) is 10.7. The molecule has 5 nitrogen and oxygen atoms in total. The molecule has 0 unspecified atom stereocenters. The Hall–Kier alpha value is -1.08. The highest BCUT2D eigenvalue weighted by Gasteiger charge is 2.30. The maximum atomic E-state index is 12.0. The Labute approximate surface area is 116 Å². The van der Waals surface area contributed by atoms with Gasteiger partial charge in [-0.2, -0.15) is 0 Å². The molecule has 19 heavy (non-hydrogen) atoms. The largest absolute Gasteiger partial charge is 0.351 e. The summed E-state index contributed by atoms with van der Waals surface area (Å²) in [7, 11) is -3.24. The average molecular weight is 300 g/mol. The van der Waals surface area contributed by atoms with E-state index in [4.69, 9.17) is 0 Å². The van der Waals surface area contributed by atoms with Gasteiger partial charge in [0.2, 0.25) is 10.0 Å². The fourth-order valence-electron chi connectivity index (χ4n) is 2.24. The summed E-state index contributed by atoms with van der Waals surface area (Å²) >= 11 is 1.40. The van der Waals surface area contributed by atoms with E-state index in [1.807, 2.05) is 0 Å². The number of nitrogens with zero attached hydrogens (tertiary/aromatic N) is 1. The molecule has 104 valence electrons. The van der Waals surface area contributed by atoms with Crippen molar-refractivity contribution in [1.82, 2.24) is 5.32 Å². The Bertz CT molecular complexity index is 617. The molecule has 0 bridgehead atoms. The van der Waals surface area contributed by atoms with Crippen molar-refractivity contribution in [2.75, 3.05) is 23.7 Å². The molecule has 0 spiro atoms. The van der Waals surface area contributed by atoms with E-state index in [1.165, 1.54) is 34.7 Å². The molecule has 1 amide bonds. The molecule has 3 rings (SSSR count). The lowest BCUT2D eigenvalue weighted by atomic mass is 10.3. The molecule has 0 saturated heterocycles. The Morgan fingerprint density at radius 3 is 2.89 bits per heavy atom. The van der Waals surface area contributed by atoms with Gasteiger partial charge in [0.15, 0.2) is 0 Å². The van der Waals surface area contributed by atoms with Crippen molar-refractivity contribution >= 4 is 33.0 Å². The van der Waals surface area contributed by atoms with Crippen LogP contribution in [0.5, 0.6) is 0 Å². The lowest BCUT2D eigenvalue weighted by Gasteiger charge is -2.14. The summed E-state index contributed by atoms with van der Waals surface area (Å²) in [6, 6.07) is 1.70. The molecular formula is C12H16N2O3S2. The van der Waals surface area contributed by atoms with Gasteiger partial charge in [0.25, 0.3) is 5.91 Å². The molecule has 0 atom stereocenters. The molecule has 0 radical (unpaired) electrons. The Kier molecular flexibility index (Phi) is 3.05. The summed E-state index contributed by atoms with van der Waals surface area (Å²) in [5, 5.41) is 2.91. The van der Waals surface area contributed by atoms with Crippen LogP contribution in [0.2, 0.25) is 0 Å². The first kappa shape index (κ1) is 12.9. The Morgan fingerprint density at radius 2 is 2.26 bits per heavy atom. The van der Waals surface area contributed by atoms with Gasteiger partial charge in [-0.3, -0.25) is 9.10 Å². The van der Waals surface area contributed by atoms with Crippen molar-refractivity contribution in [3.05, 3.63) is 15.8 Å². The van der Waals surface area contributed by atoms with Gasteiger partial charge in [0, 0.05) is 24.4 Å². The van der Waals surface area contributed by atoms with Crippen molar-refractivity contribution < 1.29 is 13.2 Å². The number of amides is 1. The monoisotopic (exact) mass is 300 g/mol. The van der Waals surface area contributed by atoms with Gasteiger partial charge < -0.3 is 5.32 Å². The smallest absolute Gasteiger partial charge is 0.261 e. The molecule has 2 aliphatic rings. The summed E-state index contributed by atoms with van der Waals surface area (Å²) in [6.07, 6.45) is 4.29. The van der Waals surface area contributed by atoms with Crippen molar-refractivity contribution in [2.24, 2.45) is 5.92 Å². The van der Waals surface area contributed by atoms with Crippen LogP contribution < -0.4 is 9.62 Å². The van der Waals surface area contributed by atoms with Crippen LogP contribution in [0.15, 0.2) is 6.07 Å². The minimum Gasteiger partial charge on any atom is -0.351 e. The molecule has 1 fully saturated rings. The Balaban J connectivity index is 1.77. The minimum atomic E-state index is -3.24. The molecule has 1 aliphatic heterocycles. The number of sulfonamides is 1. The quantitative estimate of drug-likeness (QED) is 0.909. The summed E-state index contributed by atoms with van der Waals surface area (Å²) in [5.41, 5.74) is 0.684. The van der Waals surface area contributed by atoms with Crippen molar-refractivity contribution in [2.45, 2.75) is 19.3 Å². The topological polar surface area (TPSA) is 66.5 Å². The van der Waals surface area contributed by atoms with Gasteiger partial charge >= 0.3 is 0 Å². The van der Waals surface area contributed by atoms with Crippen LogP contribution >= 0.6 is 11.3 Å². The Morgan fingerprint density at radius 1 is 1.53 bits per heavy atom. The van der Waals surface area contributed by atoms with Gasteiger partial charge in [-0.15, -0.1) is 11.3 Å². The van der Waals surface area contributed by atoms with Gasteiger partial charge in [-0.05, 0) is 24.8 Å². The van der Waals surface area contributed by atoms with E-state index in [1.54, 1.807) is 6.07 Å². The number of hydrogen-bond acceptors (Lipinski definition) is 4. The van der Waals surface area contributed by atoms with Crippen LogP contribution in [-0.2, 0) is 16.4 Å². The van der Waals surface area contributed by atoms with Crippen LogP contribution in [0, 0.1) is 5.92 Å². The third kappa shape index (κ3) is 2.62. The second-order valence-corrected chi connectivity index (χ2v) is 8.20. The summed E-state index contributed by atoms with van der Waals surface area (Å²) in [4.78, 5) is 13.6. The number of hydrogen-bond donors (Lipinski definition) is 1. The highest BCUT2D eigenvalue weighted by atomic mass is 32.2. The minimum absolute atomic E-state index is 0.0836. The predicted molar refractivity (Wildman–Crippen MR) is 75.3 cm³/mol. The fourth-order valence-corrected chi connectivity index (χ4v) is 4.30. The molecule has 1 aliphatic carbocycles. The maximum Gasteiger partial charge on any atom is 0.261 e. The van der Waals surface area contributed by atoms with Crippen LogP contribution in [0.3, 0.4) is 0 Å². The van der Waals surface area contributed by atoms with Crippen molar-refractivity contribution in [1.29, 1.82) is 0 Å². The number of fused-ring (bicyclic) bond motifs is 1. The molecular weight excluding hydrogens is 284 g/mol. The van der Waals surface area contributed by atoms with Crippen LogP contribution in [0.25, 0.3) is 0 Å².